The SMILES string of the molecule is CCCSc1c(C)c(Cl)nc2ncnn12. The highest BCUT2D eigenvalue weighted by atomic mass is 35.5. The monoisotopic (exact) mass is 242 g/mol. The van der Waals surface area contributed by atoms with Crippen LogP contribution in [0.15, 0.2) is 11.4 Å². The third-order valence-electron chi connectivity index (χ3n) is 1.99. The molecule has 0 amide bonds. The molecule has 0 aliphatic carbocycles. The third-order valence-corrected chi connectivity index (χ3v) is 3.73. The highest BCUT2D eigenvalue weighted by molar-refractivity contribution is 7.99. The van der Waals surface area contributed by atoms with Gasteiger partial charge in [0.15, 0.2) is 0 Å². The number of thioether (sulfide) groups is 1. The molecule has 0 aromatic carbocycles. The Balaban J connectivity index is 2.56. The van der Waals surface area contributed by atoms with Gasteiger partial charge < -0.3 is 0 Å². The van der Waals surface area contributed by atoms with Gasteiger partial charge in [-0.05, 0) is 19.1 Å². The van der Waals surface area contributed by atoms with Crippen molar-refractivity contribution in [1.29, 1.82) is 0 Å². The molecule has 0 spiro atoms. The Bertz CT molecular complexity index is 482. The zero-order chi connectivity index (χ0) is 10.8. The summed E-state index contributed by atoms with van der Waals surface area (Å²) in [5, 5.41) is 5.68. The Morgan fingerprint density at radius 3 is 3.07 bits per heavy atom. The predicted molar refractivity (Wildman–Crippen MR) is 61.5 cm³/mol. The van der Waals surface area contributed by atoms with E-state index in [0.717, 1.165) is 22.8 Å². The summed E-state index contributed by atoms with van der Waals surface area (Å²) in [6.45, 7) is 4.10. The Labute approximate surface area is 97.1 Å². The van der Waals surface area contributed by atoms with Crippen LogP contribution < -0.4 is 0 Å². The van der Waals surface area contributed by atoms with E-state index in [0.29, 0.717) is 10.9 Å². The highest BCUT2D eigenvalue weighted by Gasteiger charge is 2.11. The lowest BCUT2D eigenvalue weighted by molar-refractivity contribution is 0.824. The maximum absolute atomic E-state index is 6.02. The fourth-order valence-electron chi connectivity index (χ4n) is 1.24. The van der Waals surface area contributed by atoms with Gasteiger partial charge in [-0.25, -0.2) is 0 Å². The summed E-state index contributed by atoms with van der Waals surface area (Å²) in [5.41, 5.74) is 0.966. The van der Waals surface area contributed by atoms with Gasteiger partial charge in [0.05, 0.1) is 0 Å². The number of halogens is 1. The molecule has 0 aliphatic rings. The van der Waals surface area contributed by atoms with Crippen molar-refractivity contribution in [2.24, 2.45) is 0 Å². The van der Waals surface area contributed by atoms with Gasteiger partial charge in [0, 0.05) is 5.56 Å². The van der Waals surface area contributed by atoms with Crippen molar-refractivity contribution in [1.82, 2.24) is 19.6 Å². The molecule has 2 rings (SSSR count). The Kier molecular flexibility index (Phi) is 3.11. The largest absolute Gasteiger partial charge is 0.254 e. The lowest BCUT2D eigenvalue weighted by Crippen LogP contribution is -2.00. The molecule has 2 aromatic heterocycles. The van der Waals surface area contributed by atoms with E-state index in [1.54, 1.807) is 16.3 Å². The second-order valence-electron chi connectivity index (χ2n) is 3.15. The van der Waals surface area contributed by atoms with E-state index in [2.05, 4.69) is 22.0 Å². The molecule has 0 bridgehead atoms. The molecule has 6 heteroatoms. The number of nitrogens with zero attached hydrogens (tertiary/aromatic N) is 4. The summed E-state index contributed by atoms with van der Waals surface area (Å²) in [7, 11) is 0. The van der Waals surface area contributed by atoms with E-state index in [9.17, 15) is 0 Å². The van der Waals surface area contributed by atoms with Crippen LogP contribution in [0.2, 0.25) is 5.15 Å². The molecule has 80 valence electrons. The van der Waals surface area contributed by atoms with E-state index in [4.69, 9.17) is 11.6 Å². The average Bonchev–Trinajstić information content (AvgIpc) is 2.66. The van der Waals surface area contributed by atoms with Crippen LogP contribution in [-0.4, -0.2) is 25.3 Å². The first kappa shape index (κ1) is 10.7. The molecule has 0 unspecified atom stereocenters. The van der Waals surface area contributed by atoms with Crippen molar-refractivity contribution in [3.8, 4) is 0 Å². The van der Waals surface area contributed by atoms with Crippen LogP contribution in [0.4, 0.5) is 0 Å². The molecule has 0 saturated carbocycles. The number of hydrogen-bond acceptors (Lipinski definition) is 4. The molecule has 0 N–H and O–H groups in total. The lowest BCUT2D eigenvalue weighted by Gasteiger charge is -2.07. The van der Waals surface area contributed by atoms with Crippen LogP contribution >= 0.6 is 23.4 Å². The molecule has 15 heavy (non-hydrogen) atoms. The van der Waals surface area contributed by atoms with Crippen molar-refractivity contribution in [2.45, 2.75) is 25.3 Å². The van der Waals surface area contributed by atoms with Gasteiger partial charge in [-0.1, -0.05) is 18.5 Å². The van der Waals surface area contributed by atoms with Gasteiger partial charge in [-0.3, -0.25) is 0 Å². The summed E-state index contributed by atoms with van der Waals surface area (Å²) < 4.78 is 1.74. The van der Waals surface area contributed by atoms with Crippen LogP contribution in [0.5, 0.6) is 0 Å². The normalized spacial score (nSPS) is 11.1. The molecular weight excluding hydrogens is 232 g/mol. The van der Waals surface area contributed by atoms with Crippen molar-refractivity contribution < 1.29 is 0 Å². The molecule has 0 atom stereocenters. The molecule has 0 saturated heterocycles. The Morgan fingerprint density at radius 1 is 1.53 bits per heavy atom. The van der Waals surface area contributed by atoms with E-state index in [1.165, 1.54) is 6.33 Å². The third kappa shape index (κ3) is 1.94. The maximum atomic E-state index is 6.02. The number of hydrogen-bond donors (Lipinski definition) is 0. The van der Waals surface area contributed by atoms with Crippen molar-refractivity contribution >= 4 is 29.1 Å². The van der Waals surface area contributed by atoms with Crippen LogP contribution in [0.1, 0.15) is 18.9 Å². The van der Waals surface area contributed by atoms with Crippen LogP contribution in [0, 0.1) is 6.92 Å². The minimum absolute atomic E-state index is 0.508. The summed E-state index contributed by atoms with van der Waals surface area (Å²) in [4.78, 5) is 8.18. The first-order valence-electron chi connectivity index (χ1n) is 4.72. The molecule has 2 aromatic rings. The van der Waals surface area contributed by atoms with Crippen LogP contribution in [0.3, 0.4) is 0 Å². The van der Waals surface area contributed by atoms with Gasteiger partial charge >= 0.3 is 0 Å². The standard InChI is InChI=1S/C9H11ClN4S/c1-3-4-15-8-6(2)7(10)13-9-11-5-12-14(8)9/h5H,3-4H2,1-2H3. The van der Waals surface area contributed by atoms with Gasteiger partial charge in [-0.2, -0.15) is 19.6 Å². The Hall–Kier alpha value is -0.810. The van der Waals surface area contributed by atoms with Gasteiger partial charge in [0.2, 0.25) is 0 Å². The first-order valence-corrected chi connectivity index (χ1v) is 6.09. The Morgan fingerprint density at radius 2 is 2.33 bits per heavy atom. The second-order valence-corrected chi connectivity index (χ2v) is 4.59. The van der Waals surface area contributed by atoms with Crippen LogP contribution in [0.25, 0.3) is 5.78 Å². The molecule has 0 aliphatic heterocycles. The molecule has 0 radical (unpaired) electrons. The van der Waals surface area contributed by atoms with Gasteiger partial charge in [-0.15, -0.1) is 11.8 Å². The zero-order valence-electron chi connectivity index (χ0n) is 8.57. The summed E-state index contributed by atoms with van der Waals surface area (Å²) in [6, 6.07) is 0. The quantitative estimate of drug-likeness (QED) is 0.613. The fourth-order valence-corrected chi connectivity index (χ4v) is 2.42. The molecule has 4 nitrogen and oxygen atoms in total. The maximum Gasteiger partial charge on any atom is 0.254 e. The number of aromatic nitrogens is 4. The zero-order valence-corrected chi connectivity index (χ0v) is 10.1. The van der Waals surface area contributed by atoms with Crippen molar-refractivity contribution in [3.63, 3.8) is 0 Å². The number of fused-ring (bicyclic) bond motifs is 1. The van der Waals surface area contributed by atoms with Crippen molar-refractivity contribution in [2.75, 3.05) is 5.75 Å². The minimum atomic E-state index is 0.508. The van der Waals surface area contributed by atoms with E-state index < -0.39 is 0 Å². The topological polar surface area (TPSA) is 43.1 Å². The molecule has 0 fully saturated rings. The summed E-state index contributed by atoms with van der Waals surface area (Å²) >= 11 is 7.75. The highest BCUT2D eigenvalue weighted by Crippen LogP contribution is 2.26. The van der Waals surface area contributed by atoms with E-state index in [-0.39, 0.29) is 0 Å². The summed E-state index contributed by atoms with van der Waals surface area (Å²) in [5.74, 6) is 1.60. The summed E-state index contributed by atoms with van der Waals surface area (Å²) in [6.07, 6.45) is 2.61. The smallest absolute Gasteiger partial charge is 0.199 e. The lowest BCUT2D eigenvalue weighted by atomic mass is 10.4. The van der Waals surface area contributed by atoms with Crippen molar-refractivity contribution in [3.05, 3.63) is 17.0 Å². The average molecular weight is 243 g/mol. The van der Waals surface area contributed by atoms with Crippen LogP contribution in [-0.2, 0) is 0 Å². The van der Waals surface area contributed by atoms with Gasteiger partial charge in [0.25, 0.3) is 5.78 Å². The van der Waals surface area contributed by atoms with Gasteiger partial charge in [0.1, 0.15) is 16.5 Å². The minimum Gasteiger partial charge on any atom is -0.199 e. The van der Waals surface area contributed by atoms with E-state index >= 15 is 0 Å². The van der Waals surface area contributed by atoms with E-state index in [1.807, 2.05) is 6.92 Å². The first-order chi connectivity index (χ1) is 7.24. The predicted octanol–water partition coefficient (Wildman–Crippen LogP) is 2.59. The number of rotatable bonds is 3. The molecule has 2 heterocycles. The fraction of sp³-hybridized carbons (Fsp3) is 0.444. The molecular formula is C9H11ClN4S. The second kappa shape index (κ2) is 4.37.